The lowest BCUT2D eigenvalue weighted by Crippen LogP contribution is -2.50. The second-order valence-corrected chi connectivity index (χ2v) is 7.97. The SMILES string of the molecule is CC(C)(C)OC(=O)N1[C@@H]2CC[C@H]1C[C@@H](Oc1ccc(F)c(Cl)c1)C2. The van der Waals surface area contributed by atoms with Crippen molar-refractivity contribution in [3.05, 3.63) is 29.0 Å². The lowest BCUT2D eigenvalue weighted by Gasteiger charge is -2.39. The highest BCUT2D eigenvalue weighted by Crippen LogP contribution is 2.38. The third-order valence-electron chi connectivity index (χ3n) is 4.49. The van der Waals surface area contributed by atoms with Crippen LogP contribution in [0.15, 0.2) is 18.2 Å². The van der Waals surface area contributed by atoms with Gasteiger partial charge in [0.15, 0.2) is 0 Å². The number of ether oxygens (including phenoxy) is 2. The van der Waals surface area contributed by atoms with Crippen molar-refractivity contribution < 1.29 is 18.7 Å². The highest BCUT2D eigenvalue weighted by atomic mass is 35.5. The monoisotopic (exact) mass is 355 g/mol. The molecule has 0 N–H and O–H groups in total. The zero-order chi connectivity index (χ0) is 17.5. The number of nitrogens with zero attached hydrogens (tertiary/aromatic N) is 1. The van der Waals surface area contributed by atoms with Crippen LogP contribution in [0.4, 0.5) is 9.18 Å². The minimum Gasteiger partial charge on any atom is -0.490 e. The van der Waals surface area contributed by atoms with Gasteiger partial charge in [-0.25, -0.2) is 9.18 Å². The van der Waals surface area contributed by atoms with Crippen LogP contribution in [0.2, 0.25) is 5.02 Å². The average Bonchev–Trinajstić information content (AvgIpc) is 2.73. The average molecular weight is 356 g/mol. The Morgan fingerprint density at radius 2 is 1.88 bits per heavy atom. The number of carbonyl (C=O) groups is 1. The summed E-state index contributed by atoms with van der Waals surface area (Å²) < 4.78 is 24.7. The number of fused-ring (bicyclic) bond motifs is 2. The maximum absolute atomic E-state index is 13.2. The quantitative estimate of drug-likeness (QED) is 0.765. The van der Waals surface area contributed by atoms with Crippen molar-refractivity contribution in [1.82, 2.24) is 4.90 Å². The molecule has 2 heterocycles. The van der Waals surface area contributed by atoms with Gasteiger partial charge in [0.2, 0.25) is 0 Å². The van der Waals surface area contributed by atoms with Crippen LogP contribution in [0.25, 0.3) is 0 Å². The number of piperidine rings is 1. The summed E-state index contributed by atoms with van der Waals surface area (Å²) in [5.41, 5.74) is -0.491. The van der Waals surface area contributed by atoms with E-state index in [4.69, 9.17) is 21.1 Å². The fraction of sp³-hybridized carbons (Fsp3) is 0.611. The van der Waals surface area contributed by atoms with Crippen molar-refractivity contribution in [3.8, 4) is 5.75 Å². The first kappa shape index (κ1) is 17.3. The Balaban J connectivity index is 1.64. The van der Waals surface area contributed by atoms with E-state index in [1.807, 2.05) is 25.7 Å². The lowest BCUT2D eigenvalue weighted by atomic mass is 10.00. The van der Waals surface area contributed by atoms with Gasteiger partial charge in [0.05, 0.1) is 5.02 Å². The molecular formula is C18H23ClFNO3. The van der Waals surface area contributed by atoms with Gasteiger partial charge in [-0.3, -0.25) is 0 Å². The smallest absolute Gasteiger partial charge is 0.410 e. The Morgan fingerprint density at radius 3 is 2.42 bits per heavy atom. The predicted molar refractivity (Wildman–Crippen MR) is 89.9 cm³/mol. The van der Waals surface area contributed by atoms with Gasteiger partial charge >= 0.3 is 6.09 Å². The molecule has 2 fully saturated rings. The van der Waals surface area contributed by atoms with E-state index in [0.717, 1.165) is 25.7 Å². The molecule has 6 heteroatoms. The van der Waals surface area contributed by atoms with E-state index in [9.17, 15) is 9.18 Å². The number of hydrogen-bond acceptors (Lipinski definition) is 3. The van der Waals surface area contributed by atoms with Crippen LogP contribution in [-0.2, 0) is 4.74 Å². The number of rotatable bonds is 2. The summed E-state index contributed by atoms with van der Waals surface area (Å²) in [6, 6.07) is 4.67. The van der Waals surface area contributed by atoms with Crippen LogP contribution in [-0.4, -0.2) is 34.8 Å². The van der Waals surface area contributed by atoms with Crippen LogP contribution < -0.4 is 4.74 Å². The van der Waals surface area contributed by atoms with Crippen molar-refractivity contribution in [2.45, 2.75) is 70.2 Å². The third kappa shape index (κ3) is 3.77. The van der Waals surface area contributed by atoms with Crippen molar-refractivity contribution in [2.24, 2.45) is 0 Å². The highest BCUT2D eigenvalue weighted by molar-refractivity contribution is 6.30. The molecule has 4 nitrogen and oxygen atoms in total. The van der Waals surface area contributed by atoms with E-state index < -0.39 is 11.4 Å². The lowest BCUT2D eigenvalue weighted by molar-refractivity contribution is -0.00708. The van der Waals surface area contributed by atoms with Gasteiger partial charge in [0.25, 0.3) is 0 Å². The largest absolute Gasteiger partial charge is 0.490 e. The first-order valence-corrected chi connectivity index (χ1v) is 8.74. The molecule has 0 aromatic heterocycles. The Kier molecular flexibility index (Phi) is 4.65. The van der Waals surface area contributed by atoms with Gasteiger partial charge in [-0.2, -0.15) is 0 Å². The van der Waals surface area contributed by atoms with E-state index in [1.165, 1.54) is 12.1 Å². The van der Waals surface area contributed by atoms with Crippen LogP contribution in [0.3, 0.4) is 0 Å². The van der Waals surface area contributed by atoms with Crippen LogP contribution >= 0.6 is 11.6 Å². The molecule has 3 atom stereocenters. The standard InChI is InChI=1S/C18H23ClFNO3/c1-18(2,3)24-17(22)21-11-4-5-12(21)9-14(8-11)23-13-6-7-16(20)15(19)10-13/h6-7,10-12,14H,4-5,8-9H2,1-3H3/t11-,12+,14+. The molecule has 0 unspecified atom stereocenters. The summed E-state index contributed by atoms with van der Waals surface area (Å²) in [5.74, 6) is 0.111. The second-order valence-electron chi connectivity index (χ2n) is 7.56. The Labute approximate surface area is 146 Å². The summed E-state index contributed by atoms with van der Waals surface area (Å²) in [6.45, 7) is 5.63. The van der Waals surface area contributed by atoms with E-state index in [0.29, 0.717) is 5.75 Å². The molecule has 2 aliphatic heterocycles. The third-order valence-corrected chi connectivity index (χ3v) is 4.78. The fourth-order valence-electron chi connectivity index (χ4n) is 3.58. The summed E-state index contributed by atoms with van der Waals surface area (Å²) in [5, 5.41) is 0.0571. The first-order chi connectivity index (χ1) is 11.2. The number of carbonyl (C=O) groups excluding carboxylic acids is 1. The summed E-state index contributed by atoms with van der Waals surface area (Å²) >= 11 is 5.80. The number of benzene rings is 1. The maximum atomic E-state index is 13.2. The molecule has 2 saturated heterocycles. The van der Waals surface area contributed by atoms with Gasteiger partial charge < -0.3 is 14.4 Å². The summed E-state index contributed by atoms with van der Waals surface area (Å²) in [6.07, 6.45) is 3.21. The molecule has 0 saturated carbocycles. The predicted octanol–water partition coefficient (Wildman–Crippen LogP) is 4.79. The number of halogens is 2. The minimum absolute atomic E-state index is 0.00251. The zero-order valence-corrected chi connectivity index (χ0v) is 15.0. The van der Waals surface area contributed by atoms with Crippen molar-refractivity contribution in [3.63, 3.8) is 0 Å². The van der Waals surface area contributed by atoms with Crippen molar-refractivity contribution >= 4 is 17.7 Å². The molecule has 2 aliphatic rings. The van der Waals surface area contributed by atoms with E-state index in [2.05, 4.69) is 0 Å². The van der Waals surface area contributed by atoms with Crippen LogP contribution in [0.5, 0.6) is 5.75 Å². The molecule has 1 amide bonds. The Bertz CT molecular complexity index is 617. The highest BCUT2D eigenvalue weighted by Gasteiger charge is 2.45. The molecule has 0 spiro atoms. The fourth-order valence-corrected chi connectivity index (χ4v) is 3.75. The molecule has 0 radical (unpaired) electrons. The number of hydrogen-bond donors (Lipinski definition) is 0. The van der Waals surface area contributed by atoms with Crippen LogP contribution in [0, 0.1) is 5.82 Å². The Morgan fingerprint density at radius 1 is 1.25 bits per heavy atom. The maximum Gasteiger partial charge on any atom is 0.410 e. The van der Waals surface area contributed by atoms with Gasteiger partial charge in [0.1, 0.15) is 23.3 Å². The normalized spacial score (nSPS) is 26.4. The van der Waals surface area contributed by atoms with Gasteiger partial charge in [-0.15, -0.1) is 0 Å². The van der Waals surface area contributed by atoms with E-state index >= 15 is 0 Å². The van der Waals surface area contributed by atoms with Gasteiger partial charge in [-0.05, 0) is 45.7 Å². The molecular weight excluding hydrogens is 333 g/mol. The molecule has 0 aliphatic carbocycles. The molecule has 3 rings (SSSR count). The topological polar surface area (TPSA) is 38.8 Å². The Hall–Kier alpha value is -1.49. The molecule has 1 aromatic rings. The first-order valence-electron chi connectivity index (χ1n) is 8.36. The van der Waals surface area contributed by atoms with Crippen LogP contribution in [0.1, 0.15) is 46.5 Å². The summed E-state index contributed by atoms with van der Waals surface area (Å²) in [4.78, 5) is 14.3. The minimum atomic E-state index is -0.491. The van der Waals surface area contributed by atoms with Gasteiger partial charge in [-0.1, -0.05) is 11.6 Å². The summed E-state index contributed by atoms with van der Waals surface area (Å²) in [7, 11) is 0. The molecule has 132 valence electrons. The second kappa shape index (κ2) is 6.43. The van der Waals surface area contributed by atoms with E-state index in [1.54, 1.807) is 6.07 Å². The van der Waals surface area contributed by atoms with Crippen molar-refractivity contribution in [1.29, 1.82) is 0 Å². The molecule has 2 bridgehead atoms. The number of amides is 1. The van der Waals surface area contributed by atoms with Crippen molar-refractivity contribution in [2.75, 3.05) is 0 Å². The van der Waals surface area contributed by atoms with E-state index in [-0.39, 0.29) is 29.3 Å². The molecule has 24 heavy (non-hydrogen) atoms. The molecule has 1 aromatic carbocycles. The van der Waals surface area contributed by atoms with Gasteiger partial charge in [0, 0.05) is 31.0 Å². The zero-order valence-electron chi connectivity index (χ0n) is 14.2.